The van der Waals surface area contributed by atoms with Gasteiger partial charge in [-0.2, -0.15) is 0 Å². The average molecular weight is 494 g/mol. The summed E-state index contributed by atoms with van der Waals surface area (Å²) in [7, 11) is -4.39. The summed E-state index contributed by atoms with van der Waals surface area (Å²) in [5.74, 6) is -2.32. The second-order valence-corrected chi connectivity index (χ2v) is 9.43. The highest BCUT2D eigenvalue weighted by atomic mass is 35.5. The van der Waals surface area contributed by atoms with Crippen LogP contribution in [0.4, 0.5) is 30.6 Å². The summed E-state index contributed by atoms with van der Waals surface area (Å²) in [6.45, 7) is 0.310. The molecular formula is C22H18ClF2N3O4S. The first kappa shape index (κ1) is 22.8. The van der Waals surface area contributed by atoms with E-state index in [-0.39, 0.29) is 28.8 Å². The molecule has 3 N–H and O–H groups in total. The van der Waals surface area contributed by atoms with Crippen molar-refractivity contribution in [3.63, 3.8) is 0 Å². The third-order valence-electron chi connectivity index (χ3n) is 5.05. The molecule has 0 saturated heterocycles. The Kier molecular flexibility index (Phi) is 6.13. The number of rotatable bonds is 5. The minimum Gasteiger partial charge on any atom is -0.444 e. The highest BCUT2D eigenvalue weighted by molar-refractivity contribution is 7.92. The molecule has 0 spiro atoms. The Morgan fingerprint density at radius 2 is 1.79 bits per heavy atom. The number of hydrogen-bond donors (Lipinski definition) is 2. The molecule has 33 heavy (non-hydrogen) atoms. The molecule has 0 bridgehead atoms. The zero-order chi connectivity index (χ0) is 23.8. The van der Waals surface area contributed by atoms with Crippen LogP contribution in [0.25, 0.3) is 0 Å². The molecule has 0 fully saturated rings. The first-order chi connectivity index (χ1) is 15.7. The van der Waals surface area contributed by atoms with Crippen molar-refractivity contribution in [1.82, 2.24) is 0 Å². The van der Waals surface area contributed by atoms with Crippen molar-refractivity contribution >= 4 is 44.8 Å². The van der Waals surface area contributed by atoms with Crippen molar-refractivity contribution in [2.45, 2.75) is 17.9 Å². The largest absolute Gasteiger partial charge is 0.444 e. The standard InChI is InChI=1S/C22H18ClF2N3O4S/c23-15-9-17(24)20(18(25)10-15)27-33(30,31)16-8-14-6-7-28(21(14)19(26)11-16)22(29)32-12-13-4-2-1-3-5-13/h1-5,8-11,27H,6-7,12,26H2. The smallest absolute Gasteiger partial charge is 0.414 e. The van der Waals surface area contributed by atoms with E-state index in [0.717, 1.165) is 23.8 Å². The van der Waals surface area contributed by atoms with Gasteiger partial charge in [0.2, 0.25) is 0 Å². The number of fused-ring (bicyclic) bond motifs is 1. The molecule has 7 nitrogen and oxygen atoms in total. The van der Waals surface area contributed by atoms with E-state index < -0.39 is 33.4 Å². The molecule has 0 saturated carbocycles. The Bertz CT molecular complexity index is 1310. The normalized spacial score (nSPS) is 13.0. The van der Waals surface area contributed by atoms with Crippen LogP contribution in [0, 0.1) is 11.6 Å². The highest BCUT2D eigenvalue weighted by Gasteiger charge is 2.31. The Hall–Kier alpha value is -3.37. The second kappa shape index (κ2) is 8.87. The number of ether oxygens (including phenoxy) is 1. The van der Waals surface area contributed by atoms with Gasteiger partial charge >= 0.3 is 6.09 Å². The van der Waals surface area contributed by atoms with Crippen LogP contribution >= 0.6 is 11.6 Å². The zero-order valence-corrected chi connectivity index (χ0v) is 18.6. The minimum atomic E-state index is -4.39. The maximum absolute atomic E-state index is 14.1. The van der Waals surface area contributed by atoms with Crippen LogP contribution < -0.4 is 15.4 Å². The zero-order valence-electron chi connectivity index (χ0n) is 17.0. The molecule has 0 aromatic heterocycles. The Labute approximate surface area is 193 Å². The molecule has 0 aliphatic carbocycles. The maximum atomic E-state index is 14.1. The van der Waals surface area contributed by atoms with Gasteiger partial charge in [-0.05, 0) is 41.8 Å². The molecule has 3 aromatic carbocycles. The Morgan fingerprint density at radius 1 is 1.12 bits per heavy atom. The van der Waals surface area contributed by atoms with Gasteiger partial charge < -0.3 is 10.5 Å². The number of nitrogen functional groups attached to an aromatic ring is 1. The molecule has 1 amide bonds. The summed E-state index contributed by atoms with van der Waals surface area (Å²) in [6, 6.07) is 13.1. The molecule has 3 aromatic rings. The van der Waals surface area contributed by atoms with E-state index in [0.29, 0.717) is 17.7 Å². The van der Waals surface area contributed by atoms with Gasteiger partial charge in [0.1, 0.15) is 12.3 Å². The summed E-state index contributed by atoms with van der Waals surface area (Å²) in [4.78, 5) is 13.6. The van der Waals surface area contributed by atoms with Crippen LogP contribution in [0.5, 0.6) is 0 Å². The van der Waals surface area contributed by atoms with Crippen LogP contribution in [0.2, 0.25) is 5.02 Å². The maximum Gasteiger partial charge on any atom is 0.414 e. The first-order valence-corrected chi connectivity index (χ1v) is 11.6. The predicted octanol–water partition coefficient (Wildman–Crippen LogP) is 4.70. The lowest BCUT2D eigenvalue weighted by molar-refractivity contribution is 0.147. The van der Waals surface area contributed by atoms with Gasteiger partial charge in [-0.3, -0.25) is 9.62 Å². The number of sulfonamides is 1. The summed E-state index contributed by atoms with van der Waals surface area (Å²) in [6.07, 6.45) is -0.296. The molecular weight excluding hydrogens is 476 g/mol. The molecule has 1 aliphatic heterocycles. The first-order valence-electron chi connectivity index (χ1n) is 9.73. The van der Waals surface area contributed by atoms with E-state index in [1.165, 1.54) is 11.0 Å². The van der Waals surface area contributed by atoms with Gasteiger partial charge in [0.05, 0.1) is 16.3 Å². The number of nitrogens with two attached hydrogens (primary N) is 1. The number of anilines is 3. The van der Waals surface area contributed by atoms with E-state index in [9.17, 15) is 22.0 Å². The van der Waals surface area contributed by atoms with Gasteiger partial charge in [-0.15, -0.1) is 0 Å². The lowest BCUT2D eigenvalue weighted by Gasteiger charge is -2.19. The number of halogens is 3. The van der Waals surface area contributed by atoms with Crippen molar-refractivity contribution in [1.29, 1.82) is 0 Å². The number of nitrogens with zero attached hydrogens (tertiary/aromatic N) is 1. The second-order valence-electron chi connectivity index (χ2n) is 7.31. The topological polar surface area (TPSA) is 102 Å². The number of amides is 1. The van der Waals surface area contributed by atoms with Crippen molar-refractivity contribution in [2.24, 2.45) is 0 Å². The fourth-order valence-corrected chi connectivity index (χ4v) is 4.87. The lowest BCUT2D eigenvalue weighted by atomic mass is 10.1. The average Bonchev–Trinajstić information content (AvgIpc) is 3.20. The van der Waals surface area contributed by atoms with E-state index in [2.05, 4.69) is 0 Å². The highest BCUT2D eigenvalue weighted by Crippen LogP contribution is 2.37. The third kappa shape index (κ3) is 4.71. The monoisotopic (exact) mass is 493 g/mol. The predicted molar refractivity (Wildman–Crippen MR) is 121 cm³/mol. The minimum absolute atomic E-state index is 0.0130. The molecule has 11 heteroatoms. The number of carbonyl (C=O) groups excluding carboxylic acids is 1. The van der Waals surface area contributed by atoms with Gasteiger partial charge in [0.25, 0.3) is 10.0 Å². The van der Waals surface area contributed by atoms with Crippen molar-refractivity contribution in [3.8, 4) is 0 Å². The number of hydrogen-bond acceptors (Lipinski definition) is 5. The van der Waals surface area contributed by atoms with E-state index in [1.807, 2.05) is 35.1 Å². The summed E-state index contributed by atoms with van der Waals surface area (Å²) in [5, 5.41) is -0.214. The molecule has 4 rings (SSSR count). The lowest BCUT2D eigenvalue weighted by Crippen LogP contribution is -2.30. The van der Waals surface area contributed by atoms with Gasteiger partial charge in [-0.1, -0.05) is 41.9 Å². The van der Waals surface area contributed by atoms with Crippen LogP contribution in [-0.2, 0) is 27.8 Å². The summed E-state index contributed by atoms with van der Waals surface area (Å²) < 4.78 is 60.9. The van der Waals surface area contributed by atoms with Crippen LogP contribution in [-0.4, -0.2) is 21.1 Å². The van der Waals surface area contributed by atoms with Crippen LogP contribution in [0.15, 0.2) is 59.5 Å². The Morgan fingerprint density at radius 3 is 2.45 bits per heavy atom. The molecule has 172 valence electrons. The molecule has 0 radical (unpaired) electrons. The number of benzene rings is 3. The number of nitrogens with one attached hydrogen (secondary N) is 1. The molecule has 1 heterocycles. The number of carbonyl (C=O) groups is 1. The van der Waals surface area contributed by atoms with Gasteiger partial charge in [-0.25, -0.2) is 22.0 Å². The van der Waals surface area contributed by atoms with Gasteiger partial charge in [0, 0.05) is 11.6 Å². The third-order valence-corrected chi connectivity index (χ3v) is 6.59. The van der Waals surface area contributed by atoms with Crippen molar-refractivity contribution in [3.05, 3.63) is 82.4 Å². The van der Waals surface area contributed by atoms with E-state index >= 15 is 0 Å². The quantitative estimate of drug-likeness (QED) is 0.502. The van der Waals surface area contributed by atoms with Crippen LogP contribution in [0.1, 0.15) is 11.1 Å². The fraction of sp³-hybridized carbons (Fsp3) is 0.136. The summed E-state index contributed by atoms with van der Waals surface area (Å²) in [5.41, 5.74) is 6.87. The Balaban J connectivity index is 1.57. The van der Waals surface area contributed by atoms with Crippen molar-refractivity contribution in [2.75, 3.05) is 21.9 Å². The van der Waals surface area contributed by atoms with E-state index in [1.54, 1.807) is 0 Å². The van der Waals surface area contributed by atoms with E-state index in [4.69, 9.17) is 22.1 Å². The SMILES string of the molecule is Nc1cc(S(=O)(=O)Nc2c(F)cc(Cl)cc2F)cc2c1N(C(=O)OCc1ccccc1)CC2. The van der Waals surface area contributed by atoms with Crippen LogP contribution in [0.3, 0.4) is 0 Å². The van der Waals surface area contributed by atoms with Gasteiger partial charge in [0.15, 0.2) is 11.6 Å². The summed E-state index contributed by atoms with van der Waals surface area (Å²) >= 11 is 5.58. The molecule has 0 atom stereocenters. The molecule has 0 unspecified atom stereocenters. The molecule has 1 aliphatic rings. The fourth-order valence-electron chi connectivity index (χ4n) is 3.52. The van der Waals surface area contributed by atoms with Crippen molar-refractivity contribution < 1.29 is 26.7 Å².